The minimum atomic E-state index is -4.93. The van der Waals surface area contributed by atoms with Crippen molar-refractivity contribution in [3.63, 3.8) is 0 Å². The Morgan fingerprint density at radius 2 is 1.52 bits per heavy atom. The number of hydrogen-bond donors (Lipinski definition) is 0. The lowest BCUT2D eigenvalue weighted by molar-refractivity contribution is -0.211. The zero-order valence-electron chi connectivity index (χ0n) is 24.2. The third-order valence-corrected chi connectivity index (χ3v) is 9.80. The van der Waals surface area contributed by atoms with Gasteiger partial charge in [0.2, 0.25) is 0 Å². The second-order valence-electron chi connectivity index (χ2n) is 12.5. The second kappa shape index (κ2) is 11.7. The smallest absolute Gasteiger partial charge is 0.375 e. The number of piperidine rings is 1. The van der Waals surface area contributed by atoms with Crippen LogP contribution < -0.4 is 0 Å². The fourth-order valence-electron chi connectivity index (χ4n) is 7.07. The highest BCUT2D eigenvalue weighted by molar-refractivity contribution is 5.35. The molecule has 5 rings (SSSR count). The fourth-order valence-corrected chi connectivity index (χ4v) is 7.07. The monoisotopic (exact) mass is 599 g/mol. The topological polar surface area (TPSA) is 30.9 Å². The van der Waals surface area contributed by atoms with Crippen LogP contribution in [-0.4, -0.2) is 49.6 Å². The van der Waals surface area contributed by atoms with E-state index in [1.54, 1.807) is 0 Å². The van der Waals surface area contributed by atoms with Gasteiger partial charge in [0.25, 0.3) is 0 Å². The molecule has 3 saturated heterocycles. The van der Waals surface area contributed by atoms with Gasteiger partial charge in [-0.2, -0.15) is 26.3 Å². The van der Waals surface area contributed by atoms with Crippen molar-refractivity contribution in [1.29, 1.82) is 0 Å². The van der Waals surface area contributed by atoms with Crippen molar-refractivity contribution in [1.82, 2.24) is 4.90 Å². The zero-order chi connectivity index (χ0) is 30.3. The summed E-state index contributed by atoms with van der Waals surface area (Å²) in [4.78, 5) is 2.47. The summed E-state index contributed by atoms with van der Waals surface area (Å²) in [7, 11) is 0. The predicted octanol–water partition coefficient (Wildman–Crippen LogP) is 8.23. The van der Waals surface area contributed by atoms with Crippen molar-refractivity contribution in [2.24, 2.45) is 11.3 Å². The van der Waals surface area contributed by atoms with Crippen LogP contribution in [0, 0.1) is 11.3 Å². The maximum Gasteiger partial charge on any atom is 0.416 e. The Bertz CT molecular complexity index is 1170. The van der Waals surface area contributed by atoms with Crippen LogP contribution >= 0.6 is 0 Å². The number of hydrogen-bond acceptors (Lipinski definition) is 4. The lowest BCUT2D eigenvalue weighted by Crippen LogP contribution is -2.50. The summed E-state index contributed by atoms with van der Waals surface area (Å²) < 4.78 is 99.4. The number of ether oxygens (including phenoxy) is 3. The van der Waals surface area contributed by atoms with E-state index in [0.717, 1.165) is 69.6 Å². The summed E-state index contributed by atoms with van der Waals surface area (Å²) in [5.41, 5.74) is -1.91. The van der Waals surface area contributed by atoms with Crippen LogP contribution in [0.25, 0.3) is 0 Å². The molecule has 3 fully saturated rings. The van der Waals surface area contributed by atoms with Crippen molar-refractivity contribution >= 4 is 0 Å². The molecule has 3 heterocycles. The molecule has 42 heavy (non-hydrogen) atoms. The van der Waals surface area contributed by atoms with Gasteiger partial charge in [-0.15, -0.1) is 0 Å². The molecule has 0 bridgehead atoms. The summed E-state index contributed by atoms with van der Waals surface area (Å²) in [6.07, 6.45) is -7.82. The van der Waals surface area contributed by atoms with Crippen molar-refractivity contribution in [3.8, 4) is 0 Å². The molecule has 10 heteroatoms. The molecule has 4 atom stereocenters. The highest BCUT2D eigenvalue weighted by atomic mass is 19.4. The first kappa shape index (κ1) is 31.3. The van der Waals surface area contributed by atoms with Gasteiger partial charge in [0.05, 0.1) is 29.4 Å². The zero-order valence-corrected chi connectivity index (χ0v) is 24.2. The Morgan fingerprint density at radius 1 is 0.905 bits per heavy atom. The van der Waals surface area contributed by atoms with Crippen molar-refractivity contribution in [3.05, 3.63) is 70.8 Å². The minimum Gasteiger partial charge on any atom is -0.375 e. The SMILES string of the molecule is CC(OC1OCCC(CN2CCC3(CCOC3(C)C)CC2)C1c1ccccc1)c1cc(C(F)(F)F)cc(C(F)(F)F)c1. The second-order valence-corrected chi connectivity index (χ2v) is 12.5. The summed E-state index contributed by atoms with van der Waals surface area (Å²) >= 11 is 0. The first-order valence-electron chi connectivity index (χ1n) is 14.7. The highest BCUT2D eigenvalue weighted by Crippen LogP contribution is 2.51. The largest absolute Gasteiger partial charge is 0.416 e. The molecule has 3 aliphatic rings. The van der Waals surface area contributed by atoms with Gasteiger partial charge in [-0.05, 0) is 94.8 Å². The van der Waals surface area contributed by atoms with E-state index < -0.39 is 35.9 Å². The van der Waals surface area contributed by atoms with Crippen LogP contribution in [-0.2, 0) is 26.6 Å². The molecule has 0 aliphatic carbocycles. The maximum absolute atomic E-state index is 13.5. The first-order chi connectivity index (χ1) is 19.7. The number of nitrogens with zero attached hydrogens (tertiary/aromatic N) is 1. The lowest BCUT2D eigenvalue weighted by atomic mass is 9.67. The summed E-state index contributed by atoms with van der Waals surface area (Å²) in [5, 5.41) is 0. The van der Waals surface area contributed by atoms with Gasteiger partial charge in [0.1, 0.15) is 0 Å². The standard InChI is InChI=1S/C32H39F6NO3/c1-21(24-17-25(31(33,34)35)19-26(18-24)32(36,37)38)42-28-27(22-7-5-4-6-8-22)23(9-15-40-28)20-39-13-10-30(11-14-39)12-16-41-29(30,2)3/h4-8,17-19,21,23,27-28H,9-16,20H2,1-3H3. The fraction of sp³-hybridized carbons (Fsp3) is 0.625. The van der Waals surface area contributed by atoms with Gasteiger partial charge < -0.3 is 19.1 Å². The third-order valence-electron chi connectivity index (χ3n) is 9.80. The van der Waals surface area contributed by atoms with Gasteiger partial charge in [0.15, 0.2) is 6.29 Å². The number of halogens is 6. The molecule has 232 valence electrons. The van der Waals surface area contributed by atoms with Crippen LogP contribution in [0.15, 0.2) is 48.5 Å². The van der Waals surface area contributed by atoms with E-state index in [1.165, 1.54) is 6.92 Å². The molecule has 2 aromatic carbocycles. The molecule has 0 saturated carbocycles. The van der Waals surface area contributed by atoms with Gasteiger partial charge >= 0.3 is 12.4 Å². The van der Waals surface area contributed by atoms with E-state index in [0.29, 0.717) is 6.61 Å². The lowest BCUT2D eigenvalue weighted by Gasteiger charge is -2.48. The Kier molecular flexibility index (Phi) is 8.75. The van der Waals surface area contributed by atoms with Crippen LogP contribution in [0.1, 0.15) is 80.7 Å². The molecular formula is C32H39F6NO3. The third kappa shape index (κ3) is 6.51. The Balaban J connectivity index is 1.36. The van der Waals surface area contributed by atoms with E-state index >= 15 is 0 Å². The Morgan fingerprint density at radius 3 is 2.07 bits per heavy atom. The van der Waals surface area contributed by atoms with Crippen molar-refractivity contribution < 1.29 is 40.6 Å². The average molecular weight is 600 g/mol. The van der Waals surface area contributed by atoms with E-state index in [2.05, 4.69) is 18.7 Å². The summed E-state index contributed by atoms with van der Waals surface area (Å²) in [6, 6.07) is 11.3. The van der Waals surface area contributed by atoms with Gasteiger partial charge in [-0.25, -0.2) is 0 Å². The molecule has 4 unspecified atom stereocenters. The molecule has 1 spiro atoms. The van der Waals surface area contributed by atoms with E-state index in [1.807, 2.05) is 30.3 Å². The number of rotatable bonds is 6. The molecule has 0 radical (unpaired) electrons. The maximum atomic E-state index is 13.5. The van der Waals surface area contributed by atoms with Gasteiger partial charge in [-0.1, -0.05) is 30.3 Å². The van der Waals surface area contributed by atoms with Gasteiger partial charge in [0, 0.05) is 24.5 Å². The summed E-state index contributed by atoms with van der Waals surface area (Å²) in [6.45, 7) is 9.71. The quantitative estimate of drug-likeness (QED) is 0.313. The summed E-state index contributed by atoms with van der Waals surface area (Å²) in [5.74, 6) is -0.107. The first-order valence-corrected chi connectivity index (χ1v) is 14.7. The van der Waals surface area contributed by atoms with Gasteiger partial charge in [-0.3, -0.25) is 0 Å². The van der Waals surface area contributed by atoms with E-state index in [-0.39, 0.29) is 34.5 Å². The normalized spacial score (nSPS) is 27.3. The molecule has 0 amide bonds. The number of alkyl halides is 6. The van der Waals surface area contributed by atoms with E-state index in [9.17, 15) is 26.3 Å². The molecule has 4 nitrogen and oxygen atoms in total. The predicted molar refractivity (Wildman–Crippen MR) is 146 cm³/mol. The van der Waals surface area contributed by atoms with Crippen LogP contribution in [0.4, 0.5) is 26.3 Å². The van der Waals surface area contributed by atoms with Crippen LogP contribution in [0.3, 0.4) is 0 Å². The Hall–Kier alpha value is -2.14. The van der Waals surface area contributed by atoms with Crippen molar-refractivity contribution in [2.45, 2.75) is 82.7 Å². The number of benzene rings is 2. The minimum absolute atomic E-state index is 0.132. The molecule has 3 aliphatic heterocycles. The van der Waals surface area contributed by atoms with Crippen LogP contribution in [0.5, 0.6) is 0 Å². The highest BCUT2D eigenvalue weighted by Gasteiger charge is 2.51. The molecular weight excluding hydrogens is 560 g/mol. The number of likely N-dealkylation sites (tertiary alicyclic amines) is 1. The average Bonchev–Trinajstić information content (AvgIpc) is 3.22. The van der Waals surface area contributed by atoms with Crippen LogP contribution in [0.2, 0.25) is 0 Å². The molecule has 2 aromatic rings. The van der Waals surface area contributed by atoms with E-state index in [4.69, 9.17) is 14.2 Å². The Labute approximate surface area is 243 Å². The molecule has 0 N–H and O–H groups in total. The van der Waals surface area contributed by atoms with Crippen molar-refractivity contribution in [2.75, 3.05) is 32.8 Å². The molecule has 0 aromatic heterocycles.